The molecule has 0 amide bonds. The molecule has 0 aliphatic heterocycles. The van der Waals surface area contributed by atoms with Gasteiger partial charge in [0.05, 0.1) is 6.61 Å². The van der Waals surface area contributed by atoms with Gasteiger partial charge in [-0.25, -0.2) is 4.79 Å². The van der Waals surface area contributed by atoms with Crippen LogP contribution >= 0.6 is 15.9 Å². The van der Waals surface area contributed by atoms with E-state index in [1.165, 1.54) is 6.07 Å². The van der Waals surface area contributed by atoms with Gasteiger partial charge in [-0.2, -0.15) is 0 Å². The number of carbonyl (C=O) groups is 1. The number of hydrogen-bond acceptors (Lipinski definition) is 3. The molecule has 0 saturated carbocycles. The maximum absolute atomic E-state index is 11.5. The van der Waals surface area contributed by atoms with Crippen LogP contribution in [0, 0.1) is 0 Å². The average molecular weight is 287 g/mol. The number of benzene rings is 1. The molecule has 0 heterocycles. The van der Waals surface area contributed by atoms with Gasteiger partial charge in [0.25, 0.3) is 0 Å². The molecule has 1 aromatic carbocycles. The minimum atomic E-state index is -0.461. The molecule has 1 N–H and O–H groups in total. The lowest BCUT2D eigenvalue weighted by Crippen LogP contribution is -2.06. The SMILES string of the molecule is O=C(OCCCCCBr)c1ccccc1O. The number of ether oxygens (including phenoxy) is 1. The molecule has 1 aromatic rings. The highest BCUT2D eigenvalue weighted by atomic mass is 79.9. The van der Waals surface area contributed by atoms with Gasteiger partial charge >= 0.3 is 5.97 Å². The van der Waals surface area contributed by atoms with Crippen LogP contribution in [0.1, 0.15) is 29.6 Å². The lowest BCUT2D eigenvalue weighted by Gasteiger charge is -2.05. The van der Waals surface area contributed by atoms with E-state index < -0.39 is 5.97 Å². The summed E-state index contributed by atoms with van der Waals surface area (Å²) in [4.78, 5) is 11.5. The quantitative estimate of drug-likeness (QED) is 0.497. The van der Waals surface area contributed by atoms with Crippen LogP contribution in [0.3, 0.4) is 0 Å². The van der Waals surface area contributed by atoms with Crippen molar-refractivity contribution in [3.05, 3.63) is 29.8 Å². The van der Waals surface area contributed by atoms with E-state index in [-0.39, 0.29) is 11.3 Å². The molecule has 0 aliphatic rings. The van der Waals surface area contributed by atoms with Crippen LogP contribution in [0.15, 0.2) is 24.3 Å². The first-order chi connectivity index (χ1) is 7.75. The van der Waals surface area contributed by atoms with Crippen molar-refractivity contribution in [1.82, 2.24) is 0 Å². The van der Waals surface area contributed by atoms with Gasteiger partial charge in [-0.15, -0.1) is 0 Å². The van der Waals surface area contributed by atoms with Crippen LogP contribution in [-0.2, 0) is 4.74 Å². The number of alkyl halides is 1. The Kier molecular flexibility index (Phi) is 5.93. The Morgan fingerprint density at radius 2 is 2.00 bits per heavy atom. The summed E-state index contributed by atoms with van der Waals surface area (Å²) < 4.78 is 5.04. The monoisotopic (exact) mass is 286 g/mol. The lowest BCUT2D eigenvalue weighted by atomic mass is 10.2. The van der Waals surface area contributed by atoms with Gasteiger partial charge < -0.3 is 9.84 Å². The van der Waals surface area contributed by atoms with E-state index in [0.717, 1.165) is 24.6 Å². The second-order valence-electron chi connectivity index (χ2n) is 3.40. The molecule has 0 atom stereocenters. The summed E-state index contributed by atoms with van der Waals surface area (Å²) in [5.74, 6) is -0.495. The predicted molar refractivity (Wildman–Crippen MR) is 66.0 cm³/mol. The van der Waals surface area contributed by atoms with Crippen molar-refractivity contribution in [2.75, 3.05) is 11.9 Å². The van der Waals surface area contributed by atoms with Crippen molar-refractivity contribution in [2.45, 2.75) is 19.3 Å². The van der Waals surface area contributed by atoms with E-state index in [1.807, 2.05) is 0 Å². The third kappa shape index (κ3) is 4.23. The van der Waals surface area contributed by atoms with E-state index >= 15 is 0 Å². The summed E-state index contributed by atoms with van der Waals surface area (Å²) in [6.45, 7) is 0.403. The van der Waals surface area contributed by atoms with Gasteiger partial charge in [0, 0.05) is 5.33 Å². The molecule has 0 aliphatic carbocycles. The number of rotatable bonds is 6. The zero-order valence-electron chi connectivity index (χ0n) is 8.99. The minimum Gasteiger partial charge on any atom is -0.507 e. The van der Waals surface area contributed by atoms with Gasteiger partial charge in [-0.3, -0.25) is 0 Å². The van der Waals surface area contributed by atoms with Crippen molar-refractivity contribution >= 4 is 21.9 Å². The first kappa shape index (κ1) is 13.0. The Hall–Kier alpha value is -1.03. The third-order valence-corrected chi connectivity index (χ3v) is 2.70. The zero-order chi connectivity index (χ0) is 11.8. The molecule has 3 nitrogen and oxygen atoms in total. The first-order valence-electron chi connectivity index (χ1n) is 5.27. The van der Waals surface area contributed by atoms with Gasteiger partial charge in [0.15, 0.2) is 0 Å². The topological polar surface area (TPSA) is 46.5 Å². The van der Waals surface area contributed by atoms with Gasteiger partial charge in [0.2, 0.25) is 0 Å². The fourth-order valence-electron chi connectivity index (χ4n) is 1.26. The third-order valence-electron chi connectivity index (χ3n) is 2.14. The summed E-state index contributed by atoms with van der Waals surface area (Å²) in [6.07, 6.45) is 2.96. The summed E-state index contributed by atoms with van der Waals surface area (Å²) >= 11 is 3.34. The zero-order valence-corrected chi connectivity index (χ0v) is 10.6. The number of esters is 1. The van der Waals surface area contributed by atoms with Crippen LogP contribution < -0.4 is 0 Å². The molecule has 1 rings (SSSR count). The summed E-state index contributed by atoms with van der Waals surface area (Å²) in [7, 11) is 0. The normalized spacial score (nSPS) is 10.1. The largest absolute Gasteiger partial charge is 0.507 e. The van der Waals surface area contributed by atoms with Crippen molar-refractivity contribution < 1.29 is 14.6 Å². The highest BCUT2D eigenvalue weighted by Gasteiger charge is 2.10. The van der Waals surface area contributed by atoms with Crippen LogP contribution in [0.25, 0.3) is 0 Å². The van der Waals surface area contributed by atoms with E-state index in [2.05, 4.69) is 15.9 Å². The number of halogens is 1. The Labute approximate surface area is 104 Å². The number of aromatic hydroxyl groups is 1. The van der Waals surface area contributed by atoms with E-state index in [1.54, 1.807) is 18.2 Å². The first-order valence-corrected chi connectivity index (χ1v) is 6.39. The van der Waals surface area contributed by atoms with Crippen molar-refractivity contribution in [3.63, 3.8) is 0 Å². The molecule has 0 saturated heterocycles. The molecule has 0 fully saturated rings. The summed E-state index contributed by atoms with van der Waals surface area (Å²) in [5.41, 5.74) is 0.225. The van der Waals surface area contributed by atoms with E-state index in [4.69, 9.17) is 4.74 Å². The number of unbranched alkanes of at least 4 members (excludes halogenated alkanes) is 2. The molecule has 0 radical (unpaired) electrons. The summed E-state index contributed by atoms with van der Waals surface area (Å²) in [6, 6.07) is 6.39. The number of para-hydroxylation sites is 1. The van der Waals surface area contributed by atoms with Crippen molar-refractivity contribution in [1.29, 1.82) is 0 Å². The number of phenols is 1. The highest BCUT2D eigenvalue weighted by Crippen LogP contribution is 2.16. The number of hydrogen-bond donors (Lipinski definition) is 1. The maximum Gasteiger partial charge on any atom is 0.341 e. The molecular formula is C12H15BrO3. The Bertz CT molecular complexity index is 339. The number of carbonyl (C=O) groups excluding carboxylic acids is 1. The highest BCUT2D eigenvalue weighted by molar-refractivity contribution is 9.09. The Balaban J connectivity index is 2.33. The van der Waals surface area contributed by atoms with Gasteiger partial charge in [-0.1, -0.05) is 28.1 Å². The van der Waals surface area contributed by atoms with Crippen LogP contribution in [-0.4, -0.2) is 23.0 Å². The smallest absolute Gasteiger partial charge is 0.341 e. The molecule has 0 bridgehead atoms. The lowest BCUT2D eigenvalue weighted by molar-refractivity contribution is 0.0495. The fraction of sp³-hybridized carbons (Fsp3) is 0.417. The van der Waals surface area contributed by atoms with Crippen LogP contribution in [0.5, 0.6) is 5.75 Å². The van der Waals surface area contributed by atoms with E-state index in [0.29, 0.717) is 6.61 Å². The second-order valence-corrected chi connectivity index (χ2v) is 4.20. The molecule has 88 valence electrons. The van der Waals surface area contributed by atoms with E-state index in [9.17, 15) is 9.90 Å². The fourth-order valence-corrected chi connectivity index (χ4v) is 1.66. The van der Waals surface area contributed by atoms with Crippen molar-refractivity contribution in [2.24, 2.45) is 0 Å². The van der Waals surface area contributed by atoms with Gasteiger partial charge in [-0.05, 0) is 31.4 Å². The van der Waals surface area contributed by atoms with Crippen LogP contribution in [0.4, 0.5) is 0 Å². The molecule has 16 heavy (non-hydrogen) atoms. The second kappa shape index (κ2) is 7.28. The minimum absolute atomic E-state index is 0.0343. The Morgan fingerprint density at radius 3 is 2.69 bits per heavy atom. The molecule has 0 aromatic heterocycles. The Morgan fingerprint density at radius 1 is 1.25 bits per heavy atom. The molecule has 0 unspecified atom stereocenters. The van der Waals surface area contributed by atoms with Gasteiger partial charge in [0.1, 0.15) is 11.3 Å². The molecule has 0 spiro atoms. The standard InChI is InChI=1S/C12H15BrO3/c13-8-4-1-5-9-16-12(15)10-6-2-3-7-11(10)14/h2-3,6-7,14H,1,4-5,8-9H2. The number of phenolic OH excluding ortho intramolecular Hbond substituents is 1. The average Bonchev–Trinajstić information content (AvgIpc) is 2.29. The molecular weight excluding hydrogens is 272 g/mol. The predicted octanol–water partition coefficient (Wildman–Crippen LogP) is 3.11. The summed E-state index contributed by atoms with van der Waals surface area (Å²) in [5, 5.41) is 10.4. The van der Waals surface area contributed by atoms with Crippen LogP contribution in [0.2, 0.25) is 0 Å². The maximum atomic E-state index is 11.5. The van der Waals surface area contributed by atoms with Crippen molar-refractivity contribution in [3.8, 4) is 5.75 Å². The molecule has 4 heteroatoms.